The molecule has 102 valence electrons. The maximum Gasteiger partial charge on any atom is 0.349 e. The highest BCUT2D eigenvalue weighted by Gasteiger charge is 2.17. The molecular weight excluding hydrogens is 290 g/mol. The van der Waals surface area contributed by atoms with E-state index in [4.69, 9.17) is 5.11 Å². The van der Waals surface area contributed by atoms with Crippen LogP contribution in [0.3, 0.4) is 0 Å². The van der Waals surface area contributed by atoms with E-state index in [0.717, 1.165) is 23.5 Å². The van der Waals surface area contributed by atoms with Crippen LogP contribution in [0.2, 0.25) is 0 Å². The normalized spacial score (nSPS) is 11.1. The van der Waals surface area contributed by atoms with Crippen molar-refractivity contribution in [3.8, 4) is 10.8 Å². The first-order chi connectivity index (χ1) is 9.47. The van der Waals surface area contributed by atoms with E-state index in [-0.39, 0.29) is 21.7 Å². The van der Waals surface area contributed by atoms with Crippen LogP contribution in [0.25, 0.3) is 16.0 Å². The number of hydrogen-bond acceptors (Lipinski definition) is 4. The number of benzene rings is 1. The second-order valence-electron chi connectivity index (χ2n) is 3.97. The minimum atomic E-state index is -1.26. The molecule has 0 unspecified atom stereocenters. The van der Waals surface area contributed by atoms with Gasteiger partial charge in [0.25, 0.3) is 0 Å². The number of aromatic hydroxyl groups is 1. The molecule has 1 aromatic carbocycles. The number of rotatable bonds is 2. The summed E-state index contributed by atoms with van der Waals surface area (Å²) in [5, 5.41) is 18.8. The van der Waals surface area contributed by atoms with Crippen LogP contribution in [-0.4, -0.2) is 25.7 Å². The molecule has 5 nitrogen and oxygen atoms in total. The maximum atomic E-state index is 13.3. The third-order valence-electron chi connectivity index (χ3n) is 2.72. The Hall–Kier alpha value is -2.48. The van der Waals surface area contributed by atoms with Crippen molar-refractivity contribution >= 4 is 28.3 Å². The van der Waals surface area contributed by atoms with Crippen molar-refractivity contribution in [2.75, 3.05) is 0 Å². The van der Waals surface area contributed by atoms with Crippen molar-refractivity contribution in [2.24, 2.45) is 0 Å². The maximum absolute atomic E-state index is 13.3. The van der Waals surface area contributed by atoms with E-state index >= 15 is 0 Å². The fourth-order valence-electron chi connectivity index (χ4n) is 1.82. The Labute approximate surface area is 114 Å². The summed E-state index contributed by atoms with van der Waals surface area (Å²) in [6, 6.07) is 3.15. The van der Waals surface area contributed by atoms with Crippen LogP contribution in [0, 0.1) is 11.6 Å². The monoisotopic (exact) mass is 296 g/mol. The molecule has 0 amide bonds. The fourth-order valence-corrected chi connectivity index (χ4v) is 2.70. The fraction of sp³-hybridized carbons (Fsp3) is 0. The molecule has 3 rings (SSSR count). The number of nitrogens with zero attached hydrogens (tertiary/aromatic N) is 2. The van der Waals surface area contributed by atoms with Gasteiger partial charge in [-0.2, -0.15) is 0 Å². The van der Waals surface area contributed by atoms with Crippen LogP contribution >= 0.6 is 11.3 Å². The number of aromatic carboxylic acids is 1. The molecule has 0 spiro atoms. The van der Waals surface area contributed by atoms with Gasteiger partial charge in [0.05, 0.1) is 11.0 Å². The smallest absolute Gasteiger partial charge is 0.349 e. The first-order valence-electron chi connectivity index (χ1n) is 5.36. The molecule has 8 heteroatoms. The lowest BCUT2D eigenvalue weighted by atomic mass is 10.3. The van der Waals surface area contributed by atoms with E-state index in [1.165, 1.54) is 17.0 Å². The summed E-state index contributed by atoms with van der Waals surface area (Å²) < 4.78 is 27.8. The Morgan fingerprint density at radius 3 is 2.60 bits per heavy atom. The molecule has 0 aliphatic rings. The predicted octanol–water partition coefficient (Wildman–Crippen LogP) is 2.77. The lowest BCUT2D eigenvalue weighted by molar-refractivity contribution is 0.0699. The topological polar surface area (TPSA) is 75.3 Å². The molecular formula is C12H6F2N2O3S. The molecule has 0 fully saturated rings. The molecule has 20 heavy (non-hydrogen) atoms. The van der Waals surface area contributed by atoms with Crippen LogP contribution < -0.4 is 0 Å². The Morgan fingerprint density at radius 1 is 1.25 bits per heavy atom. The summed E-state index contributed by atoms with van der Waals surface area (Å²) in [5.41, 5.74) is 0.510. The molecule has 0 saturated heterocycles. The lowest BCUT2D eigenvalue weighted by Gasteiger charge is -2.00. The zero-order valence-corrected chi connectivity index (χ0v) is 10.5. The van der Waals surface area contributed by atoms with E-state index in [1.807, 2.05) is 0 Å². The number of hydrogen-bond donors (Lipinski definition) is 2. The molecule has 2 aromatic heterocycles. The van der Waals surface area contributed by atoms with Gasteiger partial charge in [0.1, 0.15) is 17.1 Å². The third kappa shape index (κ3) is 1.81. The zero-order chi connectivity index (χ0) is 14.4. The van der Waals surface area contributed by atoms with Crippen molar-refractivity contribution in [1.29, 1.82) is 0 Å². The van der Waals surface area contributed by atoms with Crippen molar-refractivity contribution in [3.63, 3.8) is 0 Å². The summed E-state index contributed by atoms with van der Waals surface area (Å²) in [5.74, 6) is -3.69. The Balaban J connectivity index is 2.22. The molecule has 3 aromatic rings. The Kier molecular flexibility index (Phi) is 2.68. The summed E-state index contributed by atoms with van der Waals surface area (Å²) >= 11 is 0.807. The number of aromatic nitrogens is 2. The second kappa shape index (κ2) is 4.27. The van der Waals surface area contributed by atoms with Gasteiger partial charge in [0, 0.05) is 18.2 Å². The average Bonchev–Trinajstić information content (AvgIpc) is 2.93. The van der Waals surface area contributed by atoms with Gasteiger partial charge in [-0.25, -0.2) is 18.6 Å². The number of carboxylic acid groups (broad SMARTS) is 1. The second-order valence-corrected chi connectivity index (χ2v) is 5.00. The quantitative estimate of drug-likeness (QED) is 0.762. The minimum Gasteiger partial charge on any atom is -0.506 e. The van der Waals surface area contributed by atoms with Crippen LogP contribution in [-0.2, 0) is 0 Å². The highest BCUT2D eigenvalue weighted by Crippen LogP contribution is 2.33. The van der Waals surface area contributed by atoms with Crippen molar-refractivity contribution in [2.45, 2.75) is 0 Å². The SMILES string of the molecule is O=C(O)c1sc(-n2cnc3cc(F)c(F)cc32)cc1O. The van der Waals surface area contributed by atoms with Crippen molar-refractivity contribution < 1.29 is 23.8 Å². The predicted molar refractivity (Wildman–Crippen MR) is 67.5 cm³/mol. The van der Waals surface area contributed by atoms with Crippen LogP contribution in [0.1, 0.15) is 9.67 Å². The van der Waals surface area contributed by atoms with Crippen molar-refractivity contribution in [3.05, 3.63) is 41.0 Å². The van der Waals surface area contributed by atoms with Crippen molar-refractivity contribution in [1.82, 2.24) is 9.55 Å². The molecule has 0 radical (unpaired) electrons. The molecule has 0 aliphatic heterocycles. The largest absolute Gasteiger partial charge is 0.506 e. The highest BCUT2D eigenvalue weighted by molar-refractivity contribution is 7.16. The molecule has 2 heterocycles. The minimum absolute atomic E-state index is 0.230. The number of carbonyl (C=O) groups is 1. The number of halogens is 2. The van der Waals surface area contributed by atoms with Crippen LogP contribution in [0.5, 0.6) is 5.75 Å². The molecule has 2 N–H and O–H groups in total. The zero-order valence-electron chi connectivity index (χ0n) is 9.67. The van der Waals surface area contributed by atoms with E-state index in [0.29, 0.717) is 5.00 Å². The van der Waals surface area contributed by atoms with E-state index < -0.39 is 17.6 Å². The van der Waals surface area contributed by atoms with Gasteiger partial charge in [0.15, 0.2) is 16.5 Å². The average molecular weight is 296 g/mol. The molecule has 0 aliphatic carbocycles. The van der Waals surface area contributed by atoms with Crippen LogP contribution in [0.4, 0.5) is 8.78 Å². The summed E-state index contributed by atoms with van der Waals surface area (Å²) in [6.45, 7) is 0. The van der Waals surface area contributed by atoms with Gasteiger partial charge < -0.3 is 10.2 Å². The first-order valence-corrected chi connectivity index (χ1v) is 6.17. The summed E-state index contributed by atoms with van der Waals surface area (Å²) in [4.78, 5) is 14.6. The summed E-state index contributed by atoms with van der Waals surface area (Å²) in [7, 11) is 0. The number of fused-ring (bicyclic) bond motifs is 1. The molecule has 0 bridgehead atoms. The van der Waals surface area contributed by atoms with Gasteiger partial charge in [-0.15, -0.1) is 11.3 Å². The number of imidazole rings is 1. The Morgan fingerprint density at radius 2 is 1.95 bits per heavy atom. The van der Waals surface area contributed by atoms with E-state index in [2.05, 4.69) is 4.98 Å². The first kappa shape index (κ1) is 12.5. The number of thiophene rings is 1. The van der Waals surface area contributed by atoms with E-state index in [1.54, 1.807) is 0 Å². The van der Waals surface area contributed by atoms with Gasteiger partial charge >= 0.3 is 5.97 Å². The van der Waals surface area contributed by atoms with Gasteiger partial charge in [-0.05, 0) is 0 Å². The highest BCUT2D eigenvalue weighted by atomic mass is 32.1. The lowest BCUT2D eigenvalue weighted by Crippen LogP contribution is -1.91. The van der Waals surface area contributed by atoms with E-state index in [9.17, 15) is 18.7 Å². The van der Waals surface area contributed by atoms with Gasteiger partial charge in [-0.1, -0.05) is 0 Å². The number of carboxylic acids is 1. The molecule has 0 saturated carbocycles. The standard InChI is InChI=1S/C12H6F2N2O3S/c13-5-1-7-8(2-6(5)14)16(4-15-7)10-3-9(17)11(20-10)12(18)19/h1-4,17H,(H,18,19). The summed E-state index contributed by atoms with van der Waals surface area (Å²) in [6.07, 6.45) is 1.31. The third-order valence-corrected chi connectivity index (χ3v) is 3.83. The Bertz CT molecular complexity index is 841. The molecule has 0 atom stereocenters. The van der Waals surface area contributed by atoms with Gasteiger partial charge in [0.2, 0.25) is 0 Å². The van der Waals surface area contributed by atoms with Crippen LogP contribution in [0.15, 0.2) is 24.5 Å². The van der Waals surface area contributed by atoms with Gasteiger partial charge in [-0.3, -0.25) is 4.57 Å².